The topological polar surface area (TPSA) is 77.5 Å². The predicted molar refractivity (Wildman–Crippen MR) is 40.8 cm³/mol. The second-order valence-corrected chi connectivity index (χ2v) is 5.28. The lowest BCUT2D eigenvalue weighted by atomic mass is 10.6. The summed E-state index contributed by atoms with van der Waals surface area (Å²) in [5, 5.41) is 0. The average molecular weight is 200 g/mol. The van der Waals surface area contributed by atoms with Crippen LogP contribution >= 0.6 is 0 Å². The molecule has 11 heavy (non-hydrogen) atoms. The van der Waals surface area contributed by atoms with Gasteiger partial charge in [0, 0.05) is 18.3 Å². The van der Waals surface area contributed by atoms with E-state index < -0.39 is 21.3 Å². The highest BCUT2D eigenvalue weighted by Gasteiger charge is 2.16. The van der Waals surface area contributed by atoms with Gasteiger partial charge in [-0.05, 0) is 6.42 Å². The molecule has 0 aliphatic carbocycles. The third kappa shape index (κ3) is 3.28. The standard InChI is InChI=1S/C4H11NO4S2/c1-3-4-11(8,9)5(2)10(6)7/h3-4H2,1-2H3,(H,6,7)/p-1. The van der Waals surface area contributed by atoms with E-state index in [9.17, 15) is 17.2 Å². The second kappa shape index (κ2) is 4.15. The van der Waals surface area contributed by atoms with Gasteiger partial charge >= 0.3 is 0 Å². The van der Waals surface area contributed by atoms with Crippen LogP contribution in [0.15, 0.2) is 0 Å². The van der Waals surface area contributed by atoms with Gasteiger partial charge in [-0.15, -0.1) is 3.71 Å². The van der Waals surface area contributed by atoms with Crippen molar-refractivity contribution in [2.75, 3.05) is 12.8 Å². The summed E-state index contributed by atoms with van der Waals surface area (Å²) < 4.78 is 42.5. The summed E-state index contributed by atoms with van der Waals surface area (Å²) in [6.45, 7) is 1.67. The second-order valence-electron chi connectivity index (χ2n) is 1.94. The van der Waals surface area contributed by atoms with Crippen LogP contribution in [0.4, 0.5) is 0 Å². The lowest BCUT2D eigenvalue weighted by Crippen LogP contribution is -2.30. The van der Waals surface area contributed by atoms with Crippen LogP contribution in [0, 0.1) is 0 Å². The largest absolute Gasteiger partial charge is 0.759 e. The minimum atomic E-state index is -3.59. The Morgan fingerprint density at radius 2 is 2.00 bits per heavy atom. The molecule has 0 aliphatic rings. The molecule has 1 atom stereocenters. The van der Waals surface area contributed by atoms with E-state index in [0.29, 0.717) is 10.1 Å². The quantitative estimate of drug-likeness (QED) is 0.570. The smallest absolute Gasteiger partial charge is 0.224 e. The molecule has 0 aromatic rings. The van der Waals surface area contributed by atoms with E-state index in [1.807, 2.05) is 0 Å². The molecular formula is C4H10NO4S2-. The van der Waals surface area contributed by atoms with Gasteiger partial charge in [0.15, 0.2) is 0 Å². The Balaban J connectivity index is 4.44. The van der Waals surface area contributed by atoms with Crippen molar-refractivity contribution in [3.05, 3.63) is 0 Å². The summed E-state index contributed by atoms with van der Waals surface area (Å²) in [6.07, 6.45) is 0.407. The molecule has 7 heteroatoms. The maximum Gasteiger partial charge on any atom is 0.224 e. The first-order chi connectivity index (χ1) is 4.91. The number of sulfonamides is 1. The minimum Gasteiger partial charge on any atom is -0.759 e. The first-order valence-corrected chi connectivity index (χ1v) is 5.62. The van der Waals surface area contributed by atoms with Crippen molar-refractivity contribution in [3.8, 4) is 0 Å². The summed E-state index contributed by atoms with van der Waals surface area (Å²) in [4.78, 5) is 0. The van der Waals surface area contributed by atoms with Gasteiger partial charge in [-0.1, -0.05) is 6.92 Å². The van der Waals surface area contributed by atoms with E-state index >= 15 is 0 Å². The SMILES string of the molecule is CCCS(=O)(=O)N(C)S(=O)[O-]. The molecule has 0 saturated heterocycles. The van der Waals surface area contributed by atoms with Crippen molar-refractivity contribution in [1.82, 2.24) is 3.71 Å². The summed E-state index contributed by atoms with van der Waals surface area (Å²) in [5.41, 5.74) is 0. The third-order valence-corrected chi connectivity index (χ3v) is 4.24. The zero-order valence-corrected chi connectivity index (χ0v) is 7.94. The van der Waals surface area contributed by atoms with E-state index in [2.05, 4.69) is 0 Å². The highest BCUT2D eigenvalue weighted by atomic mass is 32.3. The number of rotatable bonds is 4. The molecule has 0 aromatic carbocycles. The summed E-state index contributed by atoms with van der Waals surface area (Å²) in [5.74, 6) is -0.141. The van der Waals surface area contributed by atoms with Gasteiger partial charge in [0.05, 0.1) is 5.75 Å². The zero-order valence-electron chi connectivity index (χ0n) is 6.31. The van der Waals surface area contributed by atoms with Crippen molar-refractivity contribution in [3.63, 3.8) is 0 Å². The zero-order chi connectivity index (χ0) is 9.07. The van der Waals surface area contributed by atoms with Crippen molar-refractivity contribution in [1.29, 1.82) is 0 Å². The third-order valence-electron chi connectivity index (χ3n) is 1.06. The predicted octanol–water partition coefficient (Wildman–Crippen LogP) is -0.548. The molecule has 0 saturated carbocycles. The lowest BCUT2D eigenvalue weighted by Gasteiger charge is -2.17. The maximum atomic E-state index is 10.9. The van der Waals surface area contributed by atoms with Crippen LogP contribution in [0.2, 0.25) is 0 Å². The molecule has 0 N–H and O–H groups in total. The highest BCUT2D eigenvalue weighted by molar-refractivity contribution is 7.99. The van der Waals surface area contributed by atoms with Gasteiger partial charge < -0.3 is 4.55 Å². The Hall–Kier alpha value is 0.0200. The molecule has 0 amide bonds. The molecular weight excluding hydrogens is 190 g/mol. The molecule has 0 bridgehead atoms. The highest BCUT2D eigenvalue weighted by Crippen LogP contribution is 2.01. The molecule has 0 fully saturated rings. The first-order valence-electron chi connectivity index (χ1n) is 2.97. The number of hydrogen-bond acceptors (Lipinski definition) is 4. The lowest BCUT2D eigenvalue weighted by molar-refractivity contribution is 0.486. The van der Waals surface area contributed by atoms with E-state index in [0.717, 1.165) is 7.05 Å². The Morgan fingerprint density at radius 1 is 1.55 bits per heavy atom. The summed E-state index contributed by atoms with van der Waals surface area (Å²) in [7, 11) is -2.58. The molecule has 0 radical (unpaired) electrons. The number of hydrogen-bond donors (Lipinski definition) is 0. The Bertz CT molecular complexity index is 234. The van der Waals surface area contributed by atoms with Gasteiger partial charge in [-0.2, -0.15) is 0 Å². The minimum absolute atomic E-state index is 0.141. The average Bonchev–Trinajstić information content (AvgIpc) is 1.86. The van der Waals surface area contributed by atoms with E-state index in [1.54, 1.807) is 6.92 Å². The molecule has 0 aromatic heterocycles. The first kappa shape index (κ1) is 11.0. The molecule has 1 unspecified atom stereocenters. The van der Waals surface area contributed by atoms with Crippen molar-refractivity contribution < 1.29 is 17.2 Å². The van der Waals surface area contributed by atoms with Crippen molar-refractivity contribution in [2.24, 2.45) is 0 Å². The van der Waals surface area contributed by atoms with Crippen LogP contribution in [0.25, 0.3) is 0 Å². The van der Waals surface area contributed by atoms with Crippen LogP contribution < -0.4 is 0 Å². The maximum absolute atomic E-state index is 10.9. The van der Waals surface area contributed by atoms with E-state index in [4.69, 9.17) is 0 Å². The van der Waals surface area contributed by atoms with Gasteiger partial charge in [0.25, 0.3) is 0 Å². The Morgan fingerprint density at radius 3 is 2.27 bits per heavy atom. The van der Waals surface area contributed by atoms with Crippen LogP contribution in [0.5, 0.6) is 0 Å². The van der Waals surface area contributed by atoms with Crippen LogP contribution in [0.1, 0.15) is 13.3 Å². The van der Waals surface area contributed by atoms with Gasteiger partial charge in [-0.3, -0.25) is 4.21 Å². The monoisotopic (exact) mass is 200 g/mol. The fourth-order valence-corrected chi connectivity index (χ4v) is 2.22. The van der Waals surface area contributed by atoms with E-state index in [1.165, 1.54) is 0 Å². The molecule has 0 rings (SSSR count). The Labute approximate surface area is 68.9 Å². The molecule has 5 nitrogen and oxygen atoms in total. The fourth-order valence-electron chi connectivity index (χ4n) is 0.479. The van der Waals surface area contributed by atoms with Crippen LogP contribution in [0.3, 0.4) is 0 Å². The van der Waals surface area contributed by atoms with Crippen LogP contribution in [-0.2, 0) is 21.3 Å². The molecule has 68 valence electrons. The van der Waals surface area contributed by atoms with Crippen molar-refractivity contribution >= 4 is 21.3 Å². The van der Waals surface area contributed by atoms with Gasteiger partial charge in [-0.25, -0.2) is 8.42 Å². The molecule has 0 heterocycles. The summed E-state index contributed by atoms with van der Waals surface area (Å²) in [6, 6.07) is 0. The molecule has 0 aliphatic heterocycles. The molecule has 0 spiro atoms. The van der Waals surface area contributed by atoms with Gasteiger partial charge in [0.1, 0.15) is 0 Å². The fraction of sp³-hybridized carbons (Fsp3) is 1.00. The van der Waals surface area contributed by atoms with Crippen LogP contribution in [-0.4, -0.2) is 33.7 Å². The number of nitrogens with zero attached hydrogens (tertiary/aromatic N) is 1. The van der Waals surface area contributed by atoms with Gasteiger partial charge in [0.2, 0.25) is 10.0 Å². The van der Waals surface area contributed by atoms with E-state index in [-0.39, 0.29) is 5.75 Å². The van der Waals surface area contributed by atoms with Crippen molar-refractivity contribution in [2.45, 2.75) is 13.3 Å². The summed E-state index contributed by atoms with van der Waals surface area (Å²) >= 11 is -2.69. The Kier molecular flexibility index (Phi) is 4.16. The normalized spacial score (nSPS) is 15.3.